The zero-order valence-corrected chi connectivity index (χ0v) is 10.2. The van der Waals surface area contributed by atoms with E-state index >= 15 is 0 Å². The molecule has 3 rings (SSSR count). The summed E-state index contributed by atoms with van der Waals surface area (Å²) in [5.74, 6) is 0.863. The van der Waals surface area contributed by atoms with Crippen LogP contribution in [0.15, 0.2) is 36.5 Å². The molecule has 1 heteroatoms. The highest BCUT2D eigenvalue weighted by Crippen LogP contribution is 2.28. The van der Waals surface area contributed by atoms with Crippen LogP contribution in [0.25, 0.3) is 10.8 Å². The molecule has 1 aliphatic rings. The van der Waals surface area contributed by atoms with Crippen molar-refractivity contribution in [1.29, 1.82) is 0 Å². The van der Waals surface area contributed by atoms with Crippen molar-refractivity contribution >= 4 is 10.8 Å². The first-order valence-electron chi connectivity index (χ1n) is 6.76. The molecule has 1 nitrogen and oxygen atoms in total. The molecule has 0 atom stereocenters. The lowest BCUT2D eigenvalue weighted by Crippen LogP contribution is -2.10. The highest BCUT2D eigenvalue weighted by atomic mass is 14.7. The number of nitrogens with zero attached hydrogens (tertiary/aromatic N) is 1. The number of benzene rings is 1. The van der Waals surface area contributed by atoms with Crippen LogP contribution in [0, 0.1) is 5.92 Å². The zero-order valence-electron chi connectivity index (χ0n) is 10.2. The van der Waals surface area contributed by atoms with Gasteiger partial charge in [-0.3, -0.25) is 4.98 Å². The molecule has 17 heavy (non-hydrogen) atoms. The first-order chi connectivity index (χ1) is 8.43. The summed E-state index contributed by atoms with van der Waals surface area (Å²) in [5.41, 5.74) is 1.30. The molecule has 0 saturated heterocycles. The molecular weight excluding hydrogens is 206 g/mol. The first kappa shape index (κ1) is 10.8. The van der Waals surface area contributed by atoms with E-state index in [-0.39, 0.29) is 0 Å². The molecule has 0 N–H and O–H groups in total. The summed E-state index contributed by atoms with van der Waals surface area (Å²) >= 11 is 0. The summed E-state index contributed by atoms with van der Waals surface area (Å²) in [4.78, 5) is 4.60. The molecule has 1 heterocycles. The van der Waals surface area contributed by atoms with E-state index in [4.69, 9.17) is 0 Å². The van der Waals surface area contributed by atoms with Gasteiger partial charge in [0, 0.05) is 17.3 Å². The van der Waals surface area contributed by atoms with Gasteiger partial charge in [-0.1, -0.05) is 56.4 Å². The molecule has 1 aromatic heterocycles. The Kier molecular flexibility index (Phi) is 3.08. The molecule has 0 unspecified atom stereocenters. The largest absolute Gasteiger partial charge is 0.261 e. The predicted molar refractivity (Wildman–Crippen MR) is 72.0 cm³/mol. The van der Waals surface area contributed by atoms with Gasteiger partial charge in [-0.25, -0.2) is 0 Å². The van der Waals surface area contributed by atoms with Crippen LogP contribution in [-0.4, -0.2) is 4.98 Å². The molecule has 1 saturated carbocycles. The van der Waals surface area contributed by atoms with E-state index in [1.54, 1.807) is 0 Å². The molecule has 1 aliphatic carbocycles. The lowest BCUT2D eigenvalue weighted by molar-refractivity contribution is 0.355. The molecule has 0 spiro atoms. The van der Waals surface area contributed by atoms with Crippen molar-refractivity contribution in [3.63, 3.8) is 0 Å². The summed E-state index contributed by atoms with van der Waals surface area (Å²) in [5, 5.41) is 2.67. The maximum absolute atomic E-state index is 4.60. The van der Waals surface area contributed by atoms with Crippen LogP contribution in [0.5, 0.6) is 0 Å². The van der Waals surface area contributed by atoms with Crippen LogP contribution >= 0.6 is 0 Å². The van der Waals surface area contributed by atoms with Crippen molar-refractivity contribution in [3.05, 3.63) is 42.2 Å². The van der Waals surface area contributed by atoms with Crippen molar-refractivity contribution in [2.75, 3.05) is 0 Å². The van der Waals surface area contributed by atoms with E-state index < -0.39 is 0 Å². The van der Waals surface area contributed by atoms with Gasteiger partial charge in [0.05, 0.1) is 0 Å². The van der Waals surface area contributed by atoms with E-state index in [9.17, 15) is 0 Å². The van der Waals surface area contributed by atoms with Gasteiger partial charge in [0.1, 0.15) is 0 Å². The molecule has 0 bridgehead atoms. The minimum atomic E-state index is 0.863. The third-order valence-electron chi connectivity index (χ3n) is 3.96. The van der Waals surface area contributed by atoms with Gasteiger partial charge in [0.2, 0.25) is 0 Å². The van der Waals surface area contributed by atoms with Crippen molar-refractivity contribution in [2.24, 2.45) is 5.92 Å². The van der Waals surface area contributed by atoms with Gasteiger partial charge in [0.15, 0.2) is 0 Å². The van der Waals surface area contributed by atoms with E-state index in [2.05, 4.69) is 35.3 Å². The number of fused-ring (bicyclic) bond motifs is 1. The van der Waals surface area contributed by atoms with Gasteiger partial charge in [-0.2, -0.15) is 0 Å². The third kappa shape index (κ3) is 2.33. The topological polar surface area (TPSA) is 12.9 Å². The van der Waals surface area contributed by atoms with Crippen molar-refractivity contribution in [2.45, 2.75) is 38.5 Å². The van der Waals surface area contributed by atoms with Crippen LogP contribution in [0.3, 0.4) is 0 Å². The molecule has 1 fully saturated rings. The molecule has 2 aromatic rings. The summed E-state index contributed by atoms with van der Waals surface area (Å²) in [7, 11) is 0. The van der Waals surface area contributed by atoms with Crippen LogP contribution in [0.1, 0.15) is 37.8 Å². The summed E-state index contributed by atoms with van der Waals surface area (Å²) in [6, 6.07) is 10.7. The Balaban J connectivity index is 1.89. The maximum atomic E-state index is 4.60. The Labute approximate surface area is 103 Å². The first-order valence-corrected chi connectivity index (χ1v) is 6.76. The van der Waals surface area contributed by atoms with Crippen LogP contribution in [0.2, 0.25) is 0 Å². The fourth-order valence-electron chi connectivity index (χ4n) is 3.01. The minimum Gasteiger partial charge on any atom is -0.261 e. The predicted octanol–water partition coefficient (Wildman–Crippen LogP) is 4.36. The normalized spacial score (nSPS) is 17.4. The van der Waals surface area contributed by atoms with E-state index in [1.165, 1.54) is 55.0 Å². The van der Waals surface area contributed by atoms with E-state index in [0.717, 1.165) is 5.92 Å². The van der Waals surface area contributed by atoms with Gasteiger partial charge < -0.3 is 0 Å². The lowest BCUT2D eigenvalue weighted by atomic mass is 9.85. The van der Waals surface area contributed by atoms with Gasteiger partial charge in [0.25, 0.3) is 0 Å². The van der Waals surface area contributed by atoms with E-state index in [0.29, 0.717) is 0 Å². The van der Waals surface area contributed by atoms with Crippen molar-refractivity contribution < 1.29 is 0 Å². The SMILES string of the molecule is c1ccc2c(CC3CCCCC3)nccc2c1. The van der Waals surface area contributed by atoms with Gasteiger partial charge >= 0.3 is 0 Å². The number of hydrogen-bond donors (Lipinski definition) is 0. The monoisotopic (exact) mass is 225 g/mol. The van der Waals surface area contributed by atoms with E-state index in [1.807, 2.05) is 6.20 Å². The Bertz CT molecular complexity index is 492. The fourth-order valence-corrected chi connectivity index (χ4v) is 3.01. The fraction of sp³-hybridized carbons (Fsp3) is 0.438. The highest BCUT2D eigenvalue weighted by molar-refractivity contribution is 5.84. The summed E-state index contributed by atoms with van der Waals surface area (Å²) < 4.78 is 0. The molecule has 0 radical (unpaired) electrons. The average Bonchev–Trinajstić information content (AvgIpc) is 2.40. The number of aromatic nitrogens is 1. The second-order valence-corrected chi connectivity index (χ2v) is 5.19. The third-order valence-corrected chi connectivity index (χ3v) is 3.96. The Morgan fingerprint density at radius 2 is 1.82 bits per heavy atom. The lowest BCUT2D eigenvalue weighted by Gasteiger charge is -2.21. The van der Waals surface area contributed by atoms with Crippen molar-refractivity contribution in [3.8, 4) is 0 Å². The Morgan fingerprint density at radius 1 is 1.00 bits per heavy atom. The van der Waals surface area contributed by atoms with Crippen LogP contribution in [-0.2, 0) is 6.42 Å². The Morgan fingerprint density at radius 3 is 2.71 bits per heavy atom. The average molecular weight is 225 g/mol. The van der Waals surface area contributed by atoms with Gasteiger partial charge in [-0.15, -0.1) is 0 Å². The molecule has 0 amide bonds. The Hall–Kier alpha value is -1.37. The summed E-state index contributed by atoms with van der Waals surface area (Å²) in [6.07, 6.45) is 10.2. The maximum Gasteiger partial charge on any atom is 0.0484 e. The smallest absolute Gasteiger partial charge is 0.0484 e. The number of rotatable bonds is 2. The quantitative estimate of drug-likeness (QED) is 0.740. The van der Waals surface area contributed by atoms with Gasteiger partial charge in [-0.05, 0) is 23.8 Å². The second kappa shape index (κ2) is 4.87. The van der Waals surface area contributed by atoms with Crippen LogP contribution in [0.4, 0.5) is 0 Å². The summed E-state index contributed by atoms with van der Waals surface area (Å²) in [6.45, 7) is 0. The molecule has 88 valence electrons. The second-order valence-electron chi connectivity index (χ2n) is 5.19. The minimum absolute atomic E-state index is 0.863. The number of pyridine rings is 1. The highest BCUT2D eigenvalue weighted by Gasteiger charge is 2.15. The standard InChI is InChI=1S/C16H19N/c1-2-6-13(7-3-1)12-16-15-9-5-4-8-14(15)10-11-17-16/h4-5,8-11,13H,1-3,6-7,12H2. The molecule has 1 aromatic carbocycles. The zero-order chi connectivity index (χ0) is 11.5. The molecule has 0 aliphatic heterocycles. The number of hydrogen-bond acceptors (Lipinski definition) is 1. The van der Waals surface area contributed by atoms with Crippen LogP contribution < -0.4 is 0 Å². The molecular formula is C16H19N. The van der Waals surface area contributed by atoms with Crippen molar-refractivity contribution in [1.82, 2.24) is 4.98 Å².